The maximum Gasteiger partial charge on any atom is 0.248 e. The van der Waals surface area contributed by atoms with Crippen LogP contribution in [-0.2, 0) is 40.4 Å². The third-order valence-electron chi connectivity index (χ3n) is 4.30. The third-order valence-corrected chi connectivity index (χ3v) is 4.30. The Morgan fingerprint density at radius 1 is 1.31 bits per heavy atom. The fraction of sp³-hybridized carbons (Fsp3) is 0.389. The number of amides is 1. The number of oxazole rings is 1. The predicted octanol–water partition coefficient (Wildman–Crippen LogP) is 1.80. The lowest BCUT2D eigenvalue weighted by atomic mass is 10.1. The molecule has 0 unspecified atom stereocenters. The van der Waals surface area contributed by atoms with Crippen molar-refractivity contribution >= 4 is 16.9 Å². The van der Waals surface area contributed by atoms with E-state index in [-0.39, 0.29) is 19.1 Å². The number of benzene rings is 1. The average Bonchev–Trinajstić information content (AvgIpc) is 3.23. The van der Waals surface area contributed by atoms with Gasteiger partial charge in [0.15, 0.2) is 0 Å². The zero-order chi connectivity index (χ0) is 17.9. The van der Waals surface area contributed by atoms with Gasteiger partial charge in [0.2, 0.25) is 11.8 Å². The minimum atomic E-state index is -0.0666. The highest BCUT2D eigenvalue weighted by Crippen LogP contribution is 2.20. The van der Waals surface area contributed by atoms with Gasteiger partial charge in [-0.25, -0.2) is 9.97 Å². The van der Waals surface area contributed by atoms with Crippen LogP contribution in [-0.4, -0.2) is 46.0 Å². The first-order valence-corrected chi connectivity index (χ1v) is 8.48. The zero-order valence-electron chi connectivity index (χ0n) is 14.5. The molecule has 8 nitrogen and oxygen atoms in total. The molecular weight excluding hydrogens is 336 g/mol. The second kappa shape index (κ2) is 7.27. The molecule has 1 aromatic carbocycles. The van der Waals surface area contributed by atoms with E-state index in [1.54, 1.807) is 12.0 Å². The van der Waals surface area contributed by atoms with E-state index in [9.17, 15) is 4.79 Å². The predicted molar refractivity (Wildman–Crippen MR) is 92.1 cm³/mol. The van der Waals surface area contributed by atoms with Crippen molar-refractivity contribution in [2.75, 3.05) is 20.3 Å². The molecule has 0 spiro atoms. The number of fused-ring (bicyclic) bond motifs is 2. The molecule has 0 radical (unpaired) electrons. The van der Waals surface area contributed by atoms with Crippen LogP contribution in [0.25, 0.3) is 11.0 Å². The van der Waals surface area contributed by atoms with Crippen LogP contribution in [0.15, 0.2) is 28.7 Å². The SMILES string of the molecule is COCc1nc2c(o1)CCN(C(=O)COCc1nc3ccccc3[nH]1)C2. The number of rotatable bonds is 6. The van der Waals surface area contributed by atoms with E-state index in [0.29, 0.717) is 37.8 Å². The topological polar surface area (TPSA) is 93.5 Å². The van der Waals surface area contributed by atoms with Crippen molar-refractivity contribution in [2.24, 2.45) is 0 Å². The molecule has 0 atom stereocenters. The van der Waals surface area contributed by atoms with Crippen molar-refractivity contribution in [2.45, 2.75) is 26.2 Å². The molecule has 0 saturated carbocycles. The Bertz CT molecular complexity index is 884. The maximum atomic E-state index is 12.4. The second-order valence-electron chi connectivity index (χ2n) is 6.17. The Labute approximate surface area is 150 Å². The summed E-state index contributed by atoms with van der Waals surface area (Å²) < 4.78 is 16.2. The number of methoxy groups -OCH3 is 1. The number of imidazole rings is 1. The molecule has 136 valence electrons. The molecule has 26 heavy (non-hydrogen) atoms. The highest BCUT2D eigenvalue weighted by Gasteiger charge is 2.25. The Morgan fingerprint density at radius 2 is 2.19 bits per heavy atom. The molecule has 1 amide bonds. The second-order valence-corrected chi connectivity index (χ2v) is 6.17. The van der Waals surface area contributed by atoms with Crippen LogP contribution in [0.5, 0.6) is 0 Å². The van der Waals surface area contributed by atoms with E-state index in [4.69, 9.17) is 13.9 Å². The van der Waals surface area contributed by atoms with Crippen LogP contribution >= 0.6 is 0 Å². The summed E-state index contributed by atoms with van der Waals surface area (Å²) >= 11 is 0. The number of carbonyl (C=O) groups excluding carboxylic acids is 1. The van der Waals surface area contributed by atoms with Gasteiger partial charge >= 0.3 is 0 Å². The number of aromatic nitrogens is 3. The lowest BCUT2D eigenvalue weighted by Gasteiger charge is -2.25. The first-order chi connectivity index (χ1) is 12.7. The van der Waals surface area contributed by atoms with Crippen molar-refractivity contribution in [1.82, 2.24) is 19.9 Å². The Kier molecular flexibility index (Phi) is 4.68. The van der Waals surface area contributed by atoms with Crippen LogP contribution in [0.1, 0.15) is 23.2 Å². The number of aromatic amines is 1. The van der Waals surface area contributed by atoms with Gasteiger partial charge in [-0.1, -0.05) is 12.1 Å². The summed E-state index contributed by atoms with van der Waals surface area (Å²) in [5.74, 6) is 2.03. The van der Waals surface area contributed by atoms with Gasteiger partial charge in [0.05, 0.1) is 17.6 Å². The van der Waals surface area contributed by atoms with Gasteiger partial charge in [-0.05, 0) is 12.1 Å². The lowest BCUT2D eigenvalue weighted by Crippen LogP contribution is -2.38. The number of ether oxygens (including phenoxy) is 2. The Hall–Kier alpha value is -2.71. The molecule has 2 aromatic heterocycles. The van der Waals surface area contributed by atoms with Crippen molar-refractivity contribution in [1.29, 1.82) is 0 Å². The molecule has 1 aliphatic heterocycles. The molecule has 1 N–H and O–H groups in total. The summed E-state index contributed by atoms with van der Waals surface area (Å²) in [5, 5.41) is 0. The standard InChI is InChI=1S/C18H20N4O4/c1-24-10-17-21-14-8-22(7-6-15(14)26-17)18(23)11-25-9-16-19-12-4-2-3-5-13(12)20-16/h2-5H,6-11H2,1H3,(H,19,20). The average molecular weight is 356 g/mol. The van der Waals surface area contributed by atoms with Gasteiger partial charge in [0.25, 0.3) is 0 Å². The number of hydrogen-bond acceptors (Lipinski definition) is 6. The summed E-state index contributed by atoms with van der Waals surface area (Å²) in [5.41, 5.74) is 2.65. The van der Waals surface area contributed by atoms with Crippen molar-refractivity contribution < 1.29 is 18.7 Å². The molecule has 3 heterocycles. The van der Waals surface area contributed by atoms with Gasteiger partial charge in [0.1, 0.15) is 37.1 Å². The molecule has 0 aliphatic carbocycles. The first-order valence-electron chi connectivity index (χ1n) is 8.48. The fourth-order valence-electron chi connectivity index (χ4n) is 3.05. The normalized spacial score (nSPS) is 14.0. The van der Waals surface area contributed by atoms with Gasteiger partial charge < -0.3 is 23.8 Å². The van der Waals surface area contributed by atoms with E-state index in [1.165, 1.54) is 0 Å². The van der Waals surface area contributed by atoms with E-state index in [0.717, 1.165) is 22.5 Å². The van der Waals surface area contributed by atoms with Crippen LogP contribution in [0.4, 0.5) is 0 Å². The number of hydrogen-bond donors (Lipinski definition) is 1. The quantitative estimate of drug-likeness (QED) is 0.724. The summed E-state index contributed by atoms with van der Waals surface area (Å²) in [6, 6.07) is 7.77. The van der Waals surface area contributed by atoms with Crippen molar-refractivity contribution in [3.8, 4) is 0 Å². The number of nitrogens with one attached hydrogen (secondary N) is 1. The smallest absolute Gasteiger partial charge is 0.248 e. The van der Waals surface area contributed by atoms with E-state index < -0.39 is 0 Å². The Morgan fingerprint density at radius 3 is 3.04 bits per heavy atom. The van der Waals surface area contributed by atoms with Gasteiger partial charge in [-0.15, -0.1) is 0 Å². The van der Waals surface area contributed by atoms with Crippen molar-refractivity contribution in [3.63, 3.8) is 0 Å². The number of para-hydroxylation sites is 2. The summed E-state index contributed by atoms with van der Waals surface area (Å²) in [6.07, 6.45) is 0.654. The molecule has 0 saturated heterocycles. The van der Waals surface area contributed by atoms with E-state index in [2.05, 4.69) is 15.0 Å². The van der Waals surface area contributed by atoms with Crippen LogP contribution in [0, 0.1) is 0 Å². The lowest BCUT2D eigenvalue weighted by molar-refractivity contribution is -0.137. The molecular formula is C18H20N4O4. The third kappa shape index (κ3) is 3.47. The van der Waals surface area contributed by atoms with E-state index in [1.807, 2.05) is 24.3 Å². The van der Waals surface area contributed by atoms with Gasteiger partial charge in [-0.2, -0.15) is 0 Å². The number of carbonyl (C=O) groups is 1. The minimum absolute atomic E-state index is 0.00909. The van der Waals surface area contributed by atoms with Crippen LogP contribution in [0.2, 0.25) is 0 Å². The molecule has 4 rings (SSSR count). The maximum absolute atomic E-state index is 12.4. The highest BCUT2D eigenvalue weighted by atomic mass is 16.5. The zero-order valence-corrected chi connectivity index (χ0v) is 14.5. The van der Waals surface area contributed by atoms with Gasteiger partial charge in [-0.3, -0.25) is 4.79 Å². The van der Waals surface area contributed by atoms with Gasteiger partial charge in [0, 0.05) is 20.1 Å². The molecule has 1 aliphatic rings. The number of nitrogens with zero attached hydrogens (tertiary/aromatic N) is 3. The molecule has 3 aromatic rings. The minimum Gasteiger partial charge on any atom is -0.443 e. The number of H-pyrrole nitrogens is 1. The first kappa shape index (κ1) is 16.7. The summed E-state index contributed by atoms with van der Waals surface area (Å²) in [7, 11) is 1.60. The van der Waals surface area contributed by atoms with E-state index >= 15 is 0 Å². The summed E-state index contributed by atoms with van der Waals surface area (Å²) in [4.78, 5) is 26.1. The van der Waals surface area contributed by atoms with Crippen molar-refractivity contribution in [3.05, 3.63) is 47.4 Å². The largest absolute Gasteiger partial charge is 0.443 e. The fourth-order valence-corrected chi connectivity index (χ4v) is 3.05. The molecule has 8 heteroatoms. The monoisotopic (exact) mass is 356 g/mol. The Balaban J connectivity index is 1.30. The molecule has 0 fully saturated rings. The van der Waals surface area contributed by atoms with Crippen LogP contribution in [0.3, 0.4) is 0 Å². The summed E-state index contributed by atoms with van der Waals surface area (Å²) in [6.45, 7) is 1.65. The highest BCUT2D eigenvalue weighted by molar-refractivity contribution is 5.77. The van der Waals surface area contributed by atoms with Crippen LogP contribution < -0.4 is 0 Å². The molecule has 0 bridgehead atoms.